The van der Waals surface area contributed by atoms with Gasteiger partial charge in [0.05, 0.1) is 11.7 Å². The molecular formula is C20H21FN4O3S. The summed E-state index contributed by atoms with van der Waals surface area (Å²) in [5, 5.41) is 4.00. The molecule has 1 atom stereocenters. The summed E-state index contributed by atoms with van der Waals surface area (Å²) in [7, 11) is -1.27. The van der Waals surface area contributed by atoms with E-state index in [1.165, 1.54) is 12.1 Å². The third-order valence-electron chi connectivity index (χ3n) is 6.19. The second-order valence-corrected chi connectivity index (χ2v) is 10.4. The number of hydrogen-bond acceptors (Lipinski definition) is 6. The van der Waals surface area contributed by atoms with Crippen molar-refractivity contribution in [3.8, 4) is 11.4 Å². The molecule has 2 saturated heterocycles. The van der Waals surface area contributed by atoms with Crippen molar-refractivity contribution < 1.29 is 17.3 Å². The molecule has 152 valence electrons. The van der Waals surface area contributed by atoms with E-state index in [9.17, 15) is 12.8 Å². The van der Waals surface area contributed by atoms with Crippen molar-refractivity contribution in [1.82, 2.24) is 19.6 Å². The van der Waals surface area contributed by atoms with Crippen molar-refractivity contribution in [3.63, 3.8) is 0 Å². The number of aryl methyl sites for hydroxylation is 1. The van der Waals surface area contributed by atoms with Crippen LogP contribution in [-0.4, -0.2) is 51.6 Å². The van der Waals surface area contributed by atoms with Gasteiger partial charge in [-0.25, -0.2) is 12.8 Å². The maximum Gasteiger partial charge on any atom is 0.231 e. The standard InChI is InChI=1S/C20H21FN4O3S/c1-24-9-2-3-16(24)11-25-12-20(13-25)17(8-10-29(20,26)27)19-22-18(23-28-19)14-4-6-15(21)7-5-14/h2-7,9,17H,8,10-13H2,1H3. The van der Waals surface area contributed by atoms with Gasteiger partial charge in [0.25, 0.3) is 0 Å². The monoisotopic (exact) mass is 416 g/mol. The lowest BCUT2D eigenvalue weighted by molar-refractivity contribution is 0.0878. The minimum absolute atomic E-state index is 0.129. The lowest BCUT2D eigenvalue weighted by atomic mass is 9.83. The fraction of sp³-hybridized carbons (Fsp3) is 0.400. The second kappa shape index (κ2) is 6.50. The van der Waals surface area contributed by atoms with Gasteiger partial charge in [0.1, 0.15) is 10.6 Å². The quantitative estimate of drug-likeness (QED) is 0.650. The van der Waals surface area contributed by atoms with Crippen LogP contribution < -0.4 is 0 Å². The minimum atomic E-state index is -3.26. The molecule has 7 nitrogen and oxygen atoms in total. The first kappa shape index (κ1) is 18.5. The summed E-state index contributed by atoms with van der Waals surface area (Å²) in [4.78, 5) is 6.60. The Kier molecular flexibility index (Phi) is 4.15. The van der Waals surface area contributed by atoms with E-state index in [-0.39, 0.29) is 17.5 Å². The summed E-state index contributed by atoms with van der Waals surface area (Å²) in [6.45, 7) is 1.62. The van der Waals surface area contributed by atoms with Crippen LogP contribution in [0.4, 0.5) is 4.39 Å². The van der Waals surface area contributed by atoms with Crippen molar-refractivity contribution in [2.24, 2.45) is 7.05 Å². The Bertz CT molecular complexity index is 1150. The first-order valence-corrected chi connectivity index (χ1v) is 11.2. The van der Waals surface area contributed by atoms with E-state index in [2.05, 4.69) is 15.0 Å². The molecule has 0 saturated carbocycles. The molecule has 0 aliphatic carbocycles. The topological polar surface area (TPSA) is 81.2 Å². The van der Waals surface area contributed by atoms with Crippen molar-refractivity contribution in [2.45, 2.75) is 23.6 Å². The van der Waals surface area contributed by atoms with Gasteiger partial charge in [-0.1, -0.05) is 5.16 Å². The molecule has 29 heavy (non-hydrogen) atoms. The number of nitrogens with zero attached hydrogens (tertiary/aromatic N) is 4. The average molecular weight is 416 g/mol. The number of sulfone groups is 1. The third-order valence-corrected chi connectivity index (χ3v) is 8.75. The highest BCUT2D eigenvalue weighted by Crippen LogP contribution is 2.49. The molecule has 5 rings (SSSR count). The summed E-state index contributed by atoms with van der Waals surface area (Å²) >= 11 is 0. The zero-order valence-electron chi connectivity index (χ0n) is 16.0. The molecule has 0 N–H and O–H groups in total. The van der Waals surface area contributed by atoms with E-state index in [0.717, 1.165) is 5.69 Å². The van der Waals surface area contributed by atoms with Gasteiger partial charge in [-0.2, -0.15) is 4.98 Å². The predicted octanol–water partition coefficient (Wildman–Crippen LogP) is 2.37. The molecule has 9 heteroatoms. The largest absolute Gasteiger partial charge is 0.353 e. The number of aromatic nitrogens is 3. The van der Waals surface area contributed by atoms with Crippen LogP contribution >= 0.6 is 0 Å². The number of halogens is 1. The van der Waals surface area contributed by atoms with Crippen LogP contribution in [-0.2, 0) is 23.4 Å². The van der Waals surface area contributed by atoms with Gasteiger partial charge in [-0.15, -0.1) is 0 Å². The first-order valence-electron chi connectivity index (χ1n) is 9.52. The Morgan fingerprint density at radius 3 is 2.69 bits per heavy atom. The fourth-order valence-electron chi connectivity index (χ4n) is 4.53. The lowest BCUT2D eigenvalue weighted by Gasteiger charge is -2.49. The van der Waals surface area contributed by atoms with Gasteiger partial charge < -0.3 is 9.09 Å². The Balaban J connectivity index is 1.39. The lowest BCUT2D eigenvalue weighted by Crippen LogP contribution is -2.65. The highest BCUT2D eigenvalue weighted by Gasteiger charge is 2.63. The van der Waals surface area contributed by atoms with Gasteiger partial charge in [-0.3, -0.25) is 4.90 Å². The van der Waals surface area contributed by atoms with Crippen LogP contribution in [0.5, 0.6) is 0 Å². The van der Waals surface area contributed by atoms with Crippen LogP contribution in [0.15, 0.2) is 47.1 Å². The molecule has 2 aromatic heterocycles. The predicted molar refractivity (Wildman–Crippen MR) is 104 cm³/mol. The number of hydrogen-bond donors (Lipinski definition) is 0. The zero-order chi connectivity index (χ0) is 20.2. The van der Waals surface area contributed by atoms with Crippen molar-refractivity contribution in [1.29, 1.82) is 0 Å². The molecular weight excluding hydrogens is 395 g/mol. The molecule has 1 aromatic carbocycles. The molecule has 1 spiro atoms. The Morgan fingerprint density at radius 1 is 1.24 bits per heavy atom. The highest BCUT2D eigenvalue weighted by molar-refractivity contribution is 7.93. The molecule has 0 bridgehead atoms. The maximum atomic E-state index is 13.2. The van der Waals surface area contributed by atoms with E-state index in [0.29, 0.717) is 43.3 Å². The zero-order valence-corrected chi connectivity index (χ0v) is 16.8. The van der Waals surface area contributed by atoms with Gasteiger partial charge in [0, 0.05) is 44.1 Å². The molecule has 2 aliphatic heterocycles. The van der Waals surface area contributed by atoms with E-state index in [4.69, 9.17) is 4.52 Å². The summed E-state index contributed by atoms with van der Waals surface area (Å²) in [6.07, 6.45) is 2.46. The highest BCUT2D eigenvalue weighted by atomic mass is 32.2. The van der Waals surface area contributed by atoms with Gasteiger partial charge >= 0.3 is 0 Å². The van der Waals surface area contributed by atoms with Crippen LogP contribution in [0.25, 0.3) is 11.4 Å². The van der Waals surface area contributed by atoms with E-state index in [1.807, 2.05) is 29.9 Å². The molecule has 2 fully saturated rings. The van der Waals surface area contributed by atoms with Crippen LogP contribution in [0.3, 0.4) is 0 Å². The normalized spacial score (nSPS) is 22.8. The molecule has 4 heterocycles. The van der Waals surface area contributed by atoms with E-state index < -0.39 is 14.6 Å². The van der Waals surface area contributed by atoms with Crippen molar-refractivity contribution in [2.75, 3.05) is 18.8 Å². The van der Waals surface area contributed by atoms with Crippen LogP contribution in [0.2, 0.25) is 0 Å². The Morgan fingerprint density at radius 2 is 2.00 bits per heavy atom. The van der Waals surface area contributed by atoms with Gasteiger partial charge in [0.15, 0.2) is 9.84 Å². The molecule has 1 unspecified atom stereocenters. The summed E-state index contributed by atoms with van der Waals surface area (Å²) < 4.78 is 45.6. The van der Waals surface area contributed by atoms with E-state index >= 15 is 0 Å². The summed E-state index contributed by atoms with van der Waals surface area (Å²) in [6, 6.07) is 9.85. The number of benzene rings is 1. The van der Waals surface area contributed by atoms with Crippen molar-refractivity contribution in [3.05, 3.63) is 60.0 Å². The fourth-order valence-corrected chi connectivity index (χ4v) is 6.89. The summed E-state index contributed by atoms with van der Waals surface area (Å²) in [5.41, 5.74) is 1.78. The average Bonchev–Trinajstić information content (AvgIpc) is 3.34. The van der Waals surface area contributed by atoms with E-state index in [1.54, 1.807) is 12.1 Å². The van der Waals surface area contributed by atoms with Gasteiger partial charge in [0.2, 0.25) is 11.7 Å². The minimum Gasteiger partial charge on any atom is -0.353 e. The maximum absolute atomic E-state index is 13.2. The Labute approximate surface area is 168 Å². The number of likely N-dealkylation sites (tertiary alicyclic amines) is 1. The molecule has 0 radical (unpaired) electrons. The SMILES string of the molecule is Cn1cccc1CN1CC2(C1)C(c1nc(-c3ccc(F)cc3)no1)CCS2(=O)=O. The van der Waals surface area contributed by atoms with Crippen molar-refractivity contribution >= 4 is 9.84 Å². The third kappa shape index (κ3) is 2.91. The number of rotatable bonds is 4. The van der Waals surface area contributed by atoms with Crippen LogP contribution in [0, 0.1) is 5.82 Å². The molecule has 2 aliphatic rings. The first-order chi connectivity index (χ1) is 13.9. The Hall–Kier alpha value is -2.52. The smallest absolute Gasteiger partial charge is 0.231 e. The molecule has 3 aromatic rings. The van der Waals surface area contributed by atoms with Crippen LogP contribution in [0.1, 0.15) is 23.9 Å². The molecule has 0 amide bonds. The summed E-state index contributed by atoms with van der Waals surface area (Å²) in [5.74, 6) is 0.164. The second-order valence-electron chi connectivity index (χ2n) is 7.94. The van der Waals surface area contributed by atoms with Gasteiger partial charge in [-0.05, 0) is 42.8 Å².